The molecule has 1 saturated carbocycles. The second-order valence-electron chi connectivity index (χ2n) is 4.92. The second kappa shape index (κ2) is 4.57. The molecule has 0 spiro atoms. The lowest BCUT2D eigenvalue weighted by Gasteiger charge is -2.16. The topological polar surface area (TPSA) is 30.5 Å². The van der Waals surface area contributed by atoms with Crippen LogP contribution in [0.4, 0.5) is 0 Å². The van der Waals surface area contributed by atoms with Crippen molar-refractivity contribution >= 4 is 0 Å². The van der Waals surface area contributed by atoms with Gasteiger partial charge in [0.1, 0.15) is 0 Å². The molecule has 17 heavy (non-hydrogen) atoms. The molecule has 3 rings (SSSR count). The van der Waals surface area contributed by atoms with Crippen molar-refractivity contribution < 1.29 is 9.47 Å². The predicted octanol–water partition coefficient (Wildman–Crippen LogP) is 2.66. The average Bonchev–Trinajstić information content (AvgIpc) is 3.14. The molecule has 0 unspecified atom stereocenters. The van der Waals surface area contributed by atoms with E-state index < -0.39 is 0 Å². The van der Waals surface area contributed by atoms with Gasteiger partial charge in [-0.05, 0) is 37.5 Å². The smallest absolute Gasteiger partial charge is 0.161 e. The number of nitrogens with one attached hydrogen (secondary N) is 1. The molecule has 0 radical (unpaired) electrons. The van der Waals surface area contributed by atoms with Crippen molar-refractivity contribution in [1.82, 2.24) is 5.32 Å². The average molecular weight is 233 g/mol. The lowest BCUT2D eigenvalue weighted by Crippen LogP contribution is -2.20. The zero-order valence-electron chi connectivity index (χ0n) is 10.2. The van der Waals surface area contributed by atoms with Crippen molar-refractivity contribution in [3.8, 4) is 11.5 Å². The van der Waals surface area contributed by atoms with Crippen LogP contribution < -0.4 is 14.8 Å². The van der Waals surface area contributed by atoms with Gasteiger partial charge in [0.2, 0.25) is 0 Å². The van der Waals surface area contributed by atoms with Crippen LogP contribution in [0.15, 0.2) is 18.2 Å². The summed E-state index contributed by atoms with van der Waals surface area (Å²) in [6.45, 7) is 3.71. The Bertz CT molecular complexity index is 401. The van der Waals surface area contributed by atoms with Gasteiger partial charge in [0.05, 0.1) is 13.2 Å². The van der Waals surface area contributed by atoms with Crippen molar-refractivity contribution in [1.29, 1.82) is 0 Å². The maximum absolute atomic E-state index is 5.71. The molecule has 0 bridgehead atoms. The quantitative estimate of drug-likeness (QED) is 0.870. The molecule has 1 aliphatic heterocycles. The van der Waals surface area contributed by atoms with E-state index in [9.17, 15) is 0 Å². The first-order valence-electron chi connectivity index (χ1n) is 6.48. The second-order valence-corrected chi connectivity index (χ2v) is 4.92. The Morgan fingerprint density at radius 2 is 1.94 bits per heavy atom. The summed E-state index contributed by atoms with van der Waals surface area (Å²) in [5.41, 5.74) is 1.28. The van der Waals surface area contributed by atoms with Crippen LogP contribution in [0.1, 0.15) is 37.8 Å². The molecule has 1 heterocycles. The molecule has 1 aromatic rings. The minimum Gasteiger partial charge on any atom is -0.490 e. The largest absolute Gasteiger partial charge is 0.490 e. The molecule has 3 nitrogen and oxygen atoms in total. The third-order valence-electron chi connectivity index (χ3n) is 3.33. The predicted molar refractivity (Wildman–Crippen MR) is 66.6 cm³/mol. The molecule has 0 amide bonds. The summed E-state index contributed by atoms with van der Waals surface area (Å²) in [7, 11) is 0. The summed E-state index contributed by atoms with van der Waals surface area (Å²) in [6.07, 6.45) is 3.59. The summed E-state index contributed by atoms with van der Waals surface area (Å²) in [6, 6.07) is 7.38. The Balaban J connectivity index is 1.78. The fraction of sp³-hybridized carbons (Fsp3) is 0.571. The number of rotatable bonds is 3. The number of ether oxygens (including phenoxy) is 2. The third-order valence-corrected chi connectivity index (χ3v) is 3.33. The molecule has 3 heteroatoms. The number of hydrogen-bond acceptors (Lipinski definition) is 3. The molecule has 1 aromatic carbocycles. The van der Waals surface area contributed by atoms with E-state index in [2.05, 4.69) is 24.4 Å². The molecule has 1 atom stereocenters. The normalized spacial score (nSPS) is 20.8. The maximum Gasteiger partial charge on any atom is 0.161 e. The van der Waals surface area contributed by atoms with E-state index in [1.807, 2.05) is 6.07 Å². The molecule has 1 aliphatic carbocycles. The lowest BCUT2D eigenvalue weighted by atomic mass is 10.1. The fourth-order valence-electron chi connectivity index (χ4n) is 2.15. The van der Waals surface area contributed by atoms with Gasteiger partial charge in [0, 0.05) is 18.5 Å². The lowest BCUT2D eigenvalue weighted by molar-refractivity contribution is 0.297. The maximum atomic E-state index is 5.71. The molecule has 92 valence electrons. The van der Waals surface area contributed by atoms with E-state index in [1.165, 1.54) is 18.4 Å². The van der Waals surface area contributed by atoms with Gasteiger partial charge >= 0.3 is 0 Å². The van der Waals surface area contributed by atoms with E-state index >= 15 is 0 Å². The first-order chi connectivity index (χ1) is 8.33. The first kappa shape index (κ1) is 10.9. The van der Waals surface area contributed by atoms with E-state index in [0.29, 0.717) is 6.04 Å². The summed E-state index contributed by atoms with van der Waals surface area (Å²) < 4.78 is 11.3. The van der Waals surface area contributed by atoms with Crippen LogP contribution in [0.5, 0.6) is 11.5 Å². The molecule has 0 saturated heterocycles. The van der Waals surface area contributed by atoms with Gasteiger partial charge in [0.15, 0.2) is 11.5 Å². The zero-order chi connectivity index (χ0) is 11.7. The summed E-state index contributed by atoms with van der Waals surface area (Å²) in [4.78, 5) is 0. The van der Waals surface area contributed by atoms with Gasteiger partial charge in [-0.15, -0.1) is 0 Å². The van der Waals surface area contributed by atoms with Crippen LogP contribution in [0.3, 0.4) is 0 Å². The standard InChI is InChI=1S/C14H19NO2/c1-10(15-12-4-5-12)11-3-6-13-14(9-11)17-8-2-7-16-13/h3,6,9-10,12,15H,2,4-5,7-8H2,1H3/t10-/m1/s1. The number of benzene rings is 1. The molecule has 1 N–H and O–H groups in total. The highest BCUT2D eigenvalue weighted by Crippen LogP contribution is 2.33. The van der Waals surface area contributed by atoms with Gasteiger partial charge in [-0.2, -0.15) is 0 Å². The molecule has 1 fully saturated rings. The van der Waals surface area contributed by atoms with Crippen LogP contribution in [-0.2, 0) is 0 Å². The summed E-state index contributed by atoms with van der Waals surface area (Å²) in [5.74, 6) is 1.77. The Morgan fingerprint density at radius 3 is 2.71 bits per heavy atom. The molecule has 2 aliphatic rings. The van der Waals surface area contributed by atoms with Crippen LogP contribution in [0, 0.1) is 0 Å². The van der Waals surface area contributed by atoms with Crippen LogP contribution in [0.2, 0.25) is 0 Å². The number of hydrogen-bond donors (Lipinski definition) is 1. The highest BCUT2D eigenvalue weighted by atomic mass is 16.5. The van der Waals surface area contributed by atoms with Crippen LogP contribution in [-0.4, -0.2) is 19.3 Å². The van der Waals surface area contributed by atoms with Crippen LogP contribution in [0.25, 0.3) is 0 Å². The van der Waals surface area contributed by atoms with Crippen molar-refractivity contribution in [2.45, 2.75) is 38.3 Å². The Kier molecular flexibility index (Phi) is 2.93. The van der Waals surface area contributed by atoms with E-state index in [4.69, 9.17) is 9.47 Å². The van der Waals surface area contributed by atoms with Gasteiger partial charge in [-0.3, -0.25) is 0 Å². The molecular formula is C14H19NO2. The van der Waals surface area contributed by atoms with E-state index in [-0.39, 0.29) is 0 Å². The first-order valence-corrected chi connectivity index (χ1v) is 6.48. The van der Waals surface area contributed by atoms with Crippen molar-refractivity contribution in [2.75, 3.05) is 13.2 Å². The fourth-order valence-corrected chi connectivity index (χ4v) is 2.15. The highest BCUT2D eigenvalue weighted by Gasteiger charge is 2.23. The summed E-state index contributed by atoms with van der Waals surface area (Å²) in [5, 5.41) is 3.60. The zero-order valence-corrected chi connectivity index (χ0v) is 10.2. The van der Waals surface area contributed by atoms with Gasteiger partial charge < -0.3 is 14.8 Å². The third kappa shape index (κ3) is 2.55. The molecule has 0 aromatic heterocycles. The minimum absolute atomic E-state index is 0.389. The summed E-state index contributed by atoms with van der Waals surface area (Å²) >= 11 is 0. The molecular weight excluding hydrogens is 214 g/mol. The van der Waals surface area contributed by atoms with Gasteiger partial charge in [-0.25, -0.2) is 0 Å². The monoisotopic (exact) mass is 233 g/mol. The Morgan fingerprint density at radius 1 is 1.18 bits per heavy atom. The highest BCUT2D eigenvalue weighted by molar-refractivity contribution is 5.44. The van der Waals surface area contributed by atoms with Gasteiger partial charge in [-0.1, -0.05) is 6.07 Å². The van der Waals surface area contributed by atoms with Crippen molar-refractivity contribution in [3.05, 3.63) is 23.8 Å². The van der Waals surface area contributed by atoms with Crippen LogP contribution >= 0.6 is 0 Å². The Hall–Kier alpha value is -1.22. The van der Waals surface area contributed by atoms with E-state index in [1.54, 1.807) is 0 Å². The van der Waals surface area contributed by atoms with Gasteiger partial charge in [0.25, 0.3) is 0 Å². The minimum atomic E-state index is 0.389. The van der Waals surface area contributed by atoms with E-state index in [0.717, 1.165) is 37.2 Å². The van der Waals surface area contributed by atoms with Crippen molar-refractivity contribution in [2.24, 2.45) is 0 Å². The Labute approximate surface area is 102 Å². The van der Waals surface area contributed by atoms with Crippen molar-refractivity contribution in [3.63, 3.8) is 0 Å². The SMILES string of the molecule is C[C@@H](NC1CC1)c1ccc2c(c1)OCCCO2. The number of fused-ring (bicyclic) bond motifs is 1.